The molecule has 1 fully saturated rings. The number of nitrogens with one attached hydrogen (secondary N) is 1. The second-order valence-electron chi connectivity index (χ2n) is 7.79. The zero-order chi connectivity index (χ0) is 21.7. The van der Waals surface area contributed by atoms with E-state index in [1.165, 1.54) is 6.07 Å². The molecule has 1 aromatic heterocycles. The van der Waals surface area contributed by atoms with E-state index in [0.717, 1.165) is 43.3 Å². The lowest BCUT2D eigenvalue weighted by molar-refractivity contribution is -0.138. The average Bonchev–Trinajstić information content (AvgIpc) is 2.63. The number of aromatic nitrogens is 1. The summed E-state index contributed by atoms with van der Waals surface area (Å²) in [7, 11) is 0. The fraction of sp³-hybridized carbons (Fsp3) is 0.632. The van der Waals surface area contributed by atoms with Crippen LogP contribution in [0.1, 0.15) is 45.6 Å². The van der Waals surface area contributed by atoms with Crippen molar-refractivity contribution in [2.45, 2.75) is 62.9 Å². The van der Waals surface area contributed by atoms with Gasteiger partial charge in [0.1, 0.15) is 5.60 Å². The van der Waals surface area contributed by atoms with E-state index in [-0.39, 0.29) is 17.7 Å². The number of carbonyl (C=O) groups excluding carboxylic acids is 2. The highest BCUT2D eigenvalue weighted by Gasteiger charge is 2.31. The van der Waals surface area contributed by atoms with Crippen LogP contribution < -0.4 is 5.32 Å². The quantitative estimate of drug-likeness (QED) is 0.708. The van der Waals surface area contributed by atoms with E-state index in [2.05, 4.69) is 10.3 Å². The number of halogens is 3. The molecule has 0 spiro atoms. The smallest absolute Gasteiger partial charge is 0.417 e. The molecule has 162 valence electrons. The van der Waals surface area contributed by atoms with Crippen LogP contribution >= 0.6 is 11.8 Å². The molecule has 1 unspecified atom stereocenters. The van der Waals surface area contributed by atoms with Crippen molar-refractivity contribution in [3.63, 3.8) is 0 Å². The molecular formula is C19H26F3N3O3S. The Bertz CT molecular complexity index is 705. The van der Waals surface area contributed by atoms with Gasteiger partial charge >= 0.3 is 12.3 Å². The first-order valence-corrected chi connectivity index (χ1v) is 10.4. The van der Waals surface area contributed by atoms with Gasteiger partial charge in [0, 0.05) is 25.3 Å². The Morgan fingerprint density at radius 1 is 1.28 bits per heavy atom. The molecule has 0 bridgehead atoms. The Labute approximate surface area is 172 Å². The second-order valence-corrected chi connectivity index (χ2v) is 8.79. The summed E-state index contributed by atoms with van der Waals surface area (Å²) >= 11 is 1.09. The Hall–Kier alpha value is -1.97. The average molecular weight is 433 g/mol. The molecule has 0 radical (unpaired) electrons. The van der Waals surface area contributed by atoms with Gasteiger partial charge in [0.15, 0.2) is 0 Å². The number of alkyl carbamates (subject to hydrolysis) is 1. The number of thioether (sulfide) groups is 1. The highest BCUT2D eigenvalue weighted by Crippen LogP contribution is 2.29. The van der Waals surface area contributed by atoms with Gasteiger partial charge in [-0.1, -0.05) is 11.8 Å². The summed E-state index contributed by atoms with van der Waals surface area (Å²) in [5, 5.41) is 3.06. The summed E-state index contributed by atoms with van der Waals surface area (Å²) in [5.41, 5.74) is -1.42. The molecule has 1 aromatic rings. The predicted molar refractivity (Wildman–Crippen MR) is 104 cm³/mol. The summed E-state index contributed by atoms with van der Waals surface area (Å²) < 4.78 is 43.0. The molecule has 1 atom stereocenters. The molecule has 2 rings (SSSR count). The summed E-state index contributed by atoms with van der Waals surface area (Å²) in [6.45, 7) is 6.20. The zero-order valence-electron chi connectivity index (χ0n) is 16.7. The van der Waals surface area contributed by atoms with E-state index in [1.54, 1.807) is 25.7 Å². The normalized spacial score (nSPS) is 17.7. The lowest BCUT2D eigenvalue weighted by atomic mass is 10.0. The number of rotatable bonds is 5. The maximum atomic E-state index is 12.6. The SMILES string of the molecule is CC(C)(C)OC(=O)NCC1CCCCN1C(=O)CSc1ccc(C(F)(F)F)cn1. The number of carbonyl (C=O) groups is 2. The Kier molecular flexibility index (Phi) is 7.79. The number of pyridine rings is 1. The van der Waals surface area contributed by atoms with Crippen LogP contribution in [0.2, 0.25) is 0 Å². The van der Waals surface area contributed by atoms with Gasteiger partial charge in [-0.15, -0.1) is 0 Å². The van der Waals surface area contributed by atoms with Crippen molar-refractivity contribution in [3.8, 4) is 0 Å². The van der Waals surface area contributed by atoms with Crippen molar-refractivity contribution in [2.75, 3.05) is 18.8 Å². The molecule has 1 aliphatic heterocycles. The molecule has 6 nitrogen and oxygen atoms in total. The van der Waals surface area contributed by atoms with Crippen LogP contribution in [0.4, 0.5) is 18.0 Å². The Morgan fingerprint density at radius 2 is 2.00 bits per heavy atom. The largest absolute Gasteiger partial charge is 0.444 e. The molecule has 2 heterocycles. The molecule has 0 aromatic carbocycles. The predicted octanol–water partition coefficient (Wildman–Crippen LogP) is 4.10. The van der Waals surface area contributed by atoms with E-state index < -0.39 is 23.4 Å². The van der Waals surface area contributed by atoms with Gasteiger partial charge in [-0.25, -0.2) is 9.78 Å². The van der Waals surface area contributed by atoms with Crippen LogP contribution in [-0.2, 0) is 15.7 Å². The van der Waals surface area contributed by atoms with Crippen LogP contribution in [-0.4, -0.2) is 52.4 Å². The third kappa shape index (κ3) is 7.75. The van der Waals surface area contributed by atoms with Crippen molar-refractivity contribution < 1.29 is 27.5 Å². The summed E-state index contributed by atoms with van der Waals surface area (Å²) in [4.78, 5) is 30.0. The van der Waals surface area contributed by atoms with E-state index in [0.29, 0.717) is 18.1 Å². The van der Waals surface area contributed by atoms with Crippen LogP contribution in [0.3, 0.4) is 0 Å². The van der Waals surface area contributed by atoms with E-state index in [4.69, 9.17) is 4.74 Å². The third-order valence-electron chi connectivity index (χ3n) is 4.24. The second kappa shape index (κ2) is 9.69. The maximum Gasteiger partial charge on any atom is 0.417 e. The maximum absolute atomic E-state index is 12.6. The molecule has 29 heavy (non-hydrogen) atoms. The number of hydrogen-bond donors (Lipinski definition) is 1. The number of alkyl halides is 3. The van der Waals surface area contributed by atoms with E-state index >= 15 is 0 Å². The Balaban J connectivity index is 1.88. The minimum absolute atomic E-state index is 0.0707. The fourth-order valence-electron chi connectivity index (χ4n) is 2.91. The van der Waals surface area contributed by atoms with Crippen molar-refractivity contribution in [1.82, 2.24) is 15.2 Å². The number of likely N-dealkylation sites (tertiary alicyclic amines) is 1. The van der Waals surface area contributed by atoms with Crippen LogP contribution in [0, 0.1) is 0 Å². The molecular weight excluding hydrogens is 407 g/mol. The number of piperidine rings is 1. The number of hydrogen-bond acceptors (Lipinski definition) is 5. The highest BCUT2D eigenvalue weighted by molar-refractivity contribution is 7.99. The van der Waals surface area contributed by atoms with Gasteiger partial charge in [-0.2, -0.15) is 13.2 Å². The first kappa shape index (κ1) is 23.3. The van der Waals surface area contributed by atoms with Crippen LogP contribution in [0.15, 0.2) is 23.4 Å². The lowest BCUT2D eigenvalue weighted by Gasteiger charge is -2.36. The summed E-state index contributed by atoms with van der Waals surface area (Å²) in [6.07, 6.45) is -1.60. The molecule has 2 amide bonds. The van der Waals surface area contributed by atoms with Gasteiger partial charge in [0.2, 0.25) is 5.91 Å². The van der Waals surface area contributed by atoms with Gasteiger partial charge < -0.3 is 15.0 Å². The molecule has 1 N–H and O–H groups in total. The van der Waals surface area contributed by atoms with Gasteiger partial charge in [-0.3, -0.25) is 4.79 Å². The van der Waals surface area contributed by atoms with Crippen molar-refractivity contribution >= 4 is 23.8 Å². The third-order valence-corrected chi connectivity index (χ3v) is 5.16. The lowest BCUT2D eigenvalue weighted by Crippen LogP contribution is -2.50. The molecule has 10 heteroatoms. The standard InChI is InChI=1S/C19H26F3N3O3S/c1-18(2,3)28-17(27)24-11-14-6-4-5-9-25(14)16(26)12-29-15-8-7-13(10-23-15)19(20,21)22/h7-8,10,14H,4-6,9,11-12H2,1-3H3,(H,24,27). The van der Waals surface area contributed by atoms with Crippen molar-refractivity contribution in [1.29, 1.82) is 0 Å². The minimum Gasteiger partial charge on any atom is -0.444 e. The van der Waals surface area contributed by atoms with Gasteiger partial charge in [-0.05, 0) is 52.2 Å². The minimum atomic E-state index is -4.44. The van der Waals surface area contributed by atoms with E-state index in [9.17, 15) is 22.8 Å². The van der Waals surface area contributed by atoms with E-state index in [1.807, 2.05) is 0 Å². The number of amides is 2. The topological polar surface area (TPSA) is 71.5 Å². The first-order chi connectivity index (χ1) is 13.5. The first-order valence-electron chi connectivity index (χ1n) is 9.38. The summed E-state index contributed by atoms with van der Waals surface area (Å²) in [5.74, 6) is -0.0613. The molecule has 1 aliphatic rings. The van der Waals surface area contributed by atoms with Gasteiger partial charge in [0.05, 0.1) is 16.3 Å². The molecule has 0 saturated carbocycles. The zero-order valence-corrected chi connectivity index (χ0v) is 17.5. The van der Waals surface area contributed by atoms with Crippen LogP contribution in [0.25, 0.3) is 0 Å². The Morgan fingerprint density at radius 3 is 2.59 bits per heavy atom. The van der Waals surface area contributed by atoms with Gasteiger partial charge in [0.25, 0.3) is 0 Å². The molecule has 1 saturated heterocycles. The van der Waals surface area contributed by atoms with Crippen molar-refractivity contribution in [2.24, 2.45) is 0 Å². The number of ether oxygens (including phenoxy) is 1. The van der Waals surface area contributed by atoms with Crippen molar-refractivity contribution in [3.05, 3.63) is 23.9 Å². The molecule has 0 aliphatic carbocycles. The highest BCUT2D eigenvalue weighted by atomic mass is 32.2. The summed E-state index contributed by atoms with van der Waals surface area (Å²) in [6, 6.07) is 2.08. The van der Waals surface area contributed by atoms with Crippen LogP contribution in [0.5, 0.6) is 0 Å². The fourth-order valence-corrected chi connectivity index (χ4v) is 3.64. The number of nitrogens with zero attached hydrogens (tertiary/aromatic N) is 2. The monoisotopic (exact) mass is 433 g/mol.